The van der Waals surface area contributed by atoms with E-state index in [1.165, 1.54) is 30.3 Å². The number of nitrogens with zero attached hydrogens (tertiary/aromatic N) is 1. The number of carbonyl (C=O) groups excluding carboxylic acids is 2. The summed E-state index contributed by atoms with van der Waals surface area (Å²) in [7, 11) is -4.24. The van der Waals surface area contributed by atoms with E-state index < -0.39 is 26.4 Å². The Morgan fingerprint density at radius 1 is 1.23 bits per heavy atom. The van der Waals surface area contributed by atoms with Crippen molar-refractivity contribution in [1.29, 1.82) is 0 Å². The van der Waals surface area contributed by atoms with E-state index in [0.717, 1.165) is 11.3 Å². The van der Waals surface area contributed by atoms with Crippen molar-refractivity contribution < 1.29 is 28.0 Å². The van der Waals surface area contributed by atoms with Gasteiger partial charge in [-0.25, -0.2) is 8.42 Å². The van der Waals surface area contributed by atoms with Gasteiger partial charge in [0.1, 0.15) is 12.4 Å². The van der Waals surface area contributed by atoms with E-state index in [1.807, 2.05) is 0 Å². The molecule has 31 heavy (non-hydrogen) atoms. The second-order valence-corrected chi connectivity index (χ2v) is 10.0. The van der Waals surface area contributed by atoms with Crippen molar-refractivity contribution in [2.24, 2.45) is 0 Å². The summed E-state index contributed by atoms with van der Waals surface area (Å²) < 4.78 is 30.6. The maximum atomic E-state index is 13.6. The fourth-order valence-corrected chi connectivity index (χ4v) is 6.00. The Labute approximate surface area is 184 Å². The summed E-state index contributed by atoms with van der Waals surface area (Å²) in [6, 6.07) is 8.72. The second kappa shape index (κ2) is 9.62. The van der Waals surface area contributed by atoms with E-state index in [0.29, 0.717) is 5.75 Å². The summed E-state index contributed by atoms with van der Waals surface area (Å²) >= 11 is 1.05. The van der Waals surface area contributed by atoms with E-state index in [4.69, 9.17) is 4.74 Å². The van der Waals surface area contributed by atoms with E-state index in [-0.39, 0.29) is 47.4 Å². The Morgan fingerprint density at radius 3 is 2.48 bits per heavy atom. The quantitative estimate of drug-likeness (QED) is 0.293. The Kier molecular flexibility index (Phi) is 7.12. The van der Waals surface area contributed by atoms with E-state index >= 15 is 0 Å². The van der Waals surface area contributed by atoms with E-state index in [9.17, 15) is 23.2 Å². The number of ether oxygens (including phenoxy) is 1. The van der Waals surface area contributed by atoms with Gasteiger partial charge < -0.3 is 10.1 Å². The van der Waals surface area contributed by atoms with Gasteiger partial charge in [0.15, 0.2) is 14.6 Å². The number of hydrogen-bond donors (Lipinski definition) is 2. The van der Waals surface area contributed by atoms with Crippen LogP contribution in [0.15, 0.2) is 46.7 Å². The van der Waals surface area contributed by atoms with Crippen LogP contribution in [0.2, 0.25) is 0 Å². The number of rotatable bonds is 6. The molecule has 2 N–H and O–H groups in total. The molecule has 164 valence electrons. The fourth-order valence-electron chi connectivity index (χ4n) is 3.35. The SMILES string of the molecule is CC#CCOc1ccc(S(=O)(=O)C2(C(=O)N(O)C(=O)c3cccs3)CCNCC2)cc1. The first-order valence-corrected chi connectivity index (χ1v) is 11.9. The van der Waals surface area contributed by atoms with Crippen molar-refractivity contribution in [2.75, 3.05) is 19.7 Å². The average molecular weight is 463 g/mol. The number of thiophene rings is 1. The Balaban J connectivity index is 1.93. The molecule has 0 bridgehead atoms. The highest BCUT2D eigenvalue weighted by Crippen LogP contribution is 2.36. The van der Waals surface area contributed by atoms with Crippen LogP contribution in [0.5, 0.6) is 5.75 Å². The molecule has 0 atom stereocenters. The molecule has 10 heteroatoms. The zero-order valence-electron chi connectivity index (χ0n) is 16.8. The molecule has 1 fully saturated rings. The van der Waals surface area contributed by atoms with Gasteiger partial charge in [0, 0.05) is 0 Å². The van der Waals surface area contributed by atoms with Crippen LogP contribution in [0.25, 0.3) is 0 Å². The zero-order chi connectivity index (χ0) is 22.5. The maximum absolute atomic E-state index is 13.6. The minimum Gasteiger partial charge on any atom is -0.481 e. The first-order valence-electron chi connectivity index (χ1n) is 9.52. The molecule has 1 aromatic carbocycles. The van der Waals surface area contributed by atoms with Gasteiger partial charge in [-0.2, -0.15) is 0 Å². The minimum atomic E-state index is -4.24. The van der Waals surface area contributed by atoms with Gasteiger partial charge >= 0.3 is 0 Å². The summed E-state index contributed by atoms with van der Waals surface area (Å²) in [5, 5.41) is 15.0. The van der Waals surface area contributed by atoms with Gasteiger partial charge in [-0.15, -0.1) is 22.3 Å². The standard InChI is InChI=1S/C21H22N2O6S2/c1-2-3-14-29-16-6-8-17(9-7-16)31(27,28)21(10-12-22-13-11-21)20(25)23(26)19(24)18-5-4-15-30-18/h4-9,15,22,26H,10-14H2,1H3. The van der Waals surface area contributed by atoms with E-state index in [1.54, 1.807) is 18.4 Å². The van der Waals surface area contributed by atoms with Gasteiger partial charge in [-0.05, 0) is 68.6 Å². The predicted molar refractivity (Wildman–Crippen MR) is 115 cm³/mol. The first-order chi connectivity index (χ1) is 14.8. The molecular formula is C21H22N2O6S2. The molecule has 1 aromatic heterocycles. The molecule has 0 spiro atoms. The molecular weight excluding hydrogens is 440 g/mol. The monoisotopic (exact) mass is 462 g/mol. The smallest absolute Gasteiger partial charge is 0.294 e. The van der Waals surface area contributed by atoms with Crippen molar-refractivity contribution in [3.63, 3.8) is 0 Å². The number of hydrogen-bond acceptors (Lipinski definition) is 8. The lowest BCUT2D eigenvalue weighted by Gasteiger charge is -2.36. The van der Waals surface area contributed by atoms with Gasteiger partial charge in [-0.3, -0.25) is 14.8 Å². The third kappa shape index (κ3) is 4.50. The maximum Gasteiger partial charge on any atom is 0.294 e. The molecule has 2 amide bonds. The Hall–Kier alpha value is -2.71. The lowest BCUT2D eigenvalue weighted by Crippen LogP contribution is -2.58. The topological polar surface area (TPSA) is 113 Å². The number of benzene rings is 1. The van der Waals surface area contributed by atoms with Gasteiger partial charge in [0.25, 0.3) is 11.8 Å². The minimum absolute atomic E-state index is 0.0599. The average Bonchev–Trinajstić information content (AvgIpc) is 3.33. The van der Waals surface area contributed by atoms with Crippen LogP contribution < -0.4 is 10.1 Å². The molecule has 1 aliphatic heterocycles. The number of amides is 2. The molecule has 1 aliphatic rings. The lowest BCUT2D eigenvalue weighted by molar-refractivity contribution is -0.157. The normalized spacial score (nSPS) is 15.4. The highest BCUT2D eigenvalue weighted by molar-refractivity contribution is 7.93. The summed E-state index contributed by atoms with van der Waals surface area (Å²) in [5.41, 5.74) is 0. The van der Waals surface area contributed by atoms with Crippen LogP contribution in [0.1, 0.15) is 29.4 Å². The highest BCUT2D eigenvalue weighted by atomic mass is 32.2. The van der Waals surface area contributed by atoms with Crippen molar-refractivity contribution in [3.8, 4) is 17.6 Å². The van der Waals surface area contributed by atoms with Gasteiger partial charge in [0.2, 0.25) is 0 Å². The van der Waals surface area contributed by atoms with Gasteiger partial charge in [0.05, 0.1) is 9.77 Å². The molecule has 0 radical (unpaired) electrons. The molecule has 0 saturated carbocycles. The van der Waals surface area contributed by atoms with Crippen LogP contribution in [0.4, 0.5) is 0 Å². The number of hydroxylamine groups is 2. The Morgan fingerprint density at radius 2 is 1.90 bits per heavy atom. The van der Waals surface area contributed by atoms with Crippen LogP contribution in [-0.2, 0) is 14.6 Å². The van der Waals surface area contributed by atoms with Crippen LogP contribution in [0.3, 0.4) is 0 Å². The summed E-state index contributed by atoms with van der Waals surface area (Å²) in [6.07, 6.45) is -0.152. The van der Waals surface area contributed by atoms with Crippen molar-refractivity contribution in [3.05, 3.63) is 46.7 Å². The van der Waals surface area contributed by atoms with Crippen molar-refractivity contribution >= 4 is 33.0 Å². The Bertz CT molecular complexity index is 1090. The third-order valence-corrected chi connectivity index (χ3v) is 8.42. The molecule has 1 saturated heterocycles. The van der Waals surface area contributed by atoms with Crippen molar-refractivity contribution in [1.82, 2.24) is 10.4 Å². The summed E-state index contributed by atoms with van der Waals surface area (Å²) in [5.74, 6) is 3.77. The molecule has 0 aliphatic carbocycles. The van der Waals surface area contributed by atoms with E-state index in [2.05, 4.69) is 17.2 Å². The number of piperidine rings is 1. The van der Waals surface area contributed by atoms with Crippen LogP contribution in [0, 0.1) is 11.8 Å². The first kappa shape index (κ1) is 23.0. The molecule has 8 nitrogen and oxygen atoms in total. The third-order valence-electron chi connectivity index (χ3n) is 5.05. The largest absolute Gasteiger partial charge is 0.481 e. The predicted octanol–water partition coefficient (Wildman–Crippen LogP) is 2.10. The molecule has 2 heterocycles. The number of nitrogens with one attached hydrogen (secondary N) is 1. The summed E-state index contributed by atoms with van der Waals surface area (Å²) in [4.78, 5) is 25.8. The molecule has 3 rings (SSSR count). The number of carbonyl (C=O) groups is 2. The lowest BCUT2D eigenvalue weighted by atomic mass is 9.95. The highest BCUT2D eigenvalue weighted by Gasteiger charge is 2.54. The fraction of sp³-hybridized carbons (Fsp3) is 0.333. The second-order valence-electron chi connectivity index (χ2n) is 6.83. The van der Waals surface area contributed by atoms with Crippen molar-refractivity contribution in [2.45, 2.75) is 29.4 Å². The van der Waals surface area contributed by atoms with Crippen LogP contribution >= 0.6 is 11.3 Å². The summed E-state index contributed by atoms with van der Waals surface area (Å²) in [6.45, 7) is 2.36. The molecule has 2 aromatic rings. The zero-order valence-corrected chi connectivity index (χ0v) is 18.5. The molecule has 0 unspecified atom stereocenters. The number of imide groups is 1. The number of sulfone groups is 1. The van der Waals surface area contributed by atoms with Gasteiger partial charge in [-0.1, -0.05) is 12.0 Å². The van der Waals surface area contributed by atoms with Crippen LogP contribution in [-0.4, -0.2) is 54.9 Å².